The van der Waals surface area contributed by atoms with E-state index in [1.165, 1.54) is 4.88 Å². The van der Waals surface area contributed by atoms with E-state index < -0.39 is 0 Å². The van der Waals surface area contributed by atoms with Crippen LogP contribution in [0.25, 0.3) is 0 Å². The number of fused-ring (bicyclic) bond motifs is 1. The van der Waals surface area contributed by atoms with Crippen LogP contribution in [0, 0.1) is 13.8 Å². The average Bonchev–Trinajstić information content (AvgIpc) is 3.09. The number of rotatable bonds is 5. The first-order valence-corrected chi connectivity index (χ1v) is 9.29. The monoisotopic (exact) mass is 348 g/mol. The van der Waals surface area contributed by atoms with Gasteiger partial charge in [0.15, 0.2) is 0 Å². The zero-order chi connectivity index (χ0) is 17.1. The molecule has 0 radical (unpaired) electrons. The summed E-state index contributed by atoms with van der Waals surface area (Å²) in [6.07, 6.45) is 3.62. The summed E-state index contributed by atoms with van der Waals surface area (Å²) in [6.45, 7) is 7.55. The summed E-state index contributed by atoms with van der Waals surface area (Å²) < 4.78 is 1.90. The molecule has 0 unspecified atom stereocenters. The third kappa shape index (κ3) is 3.75. The lowest BCUT2D eigenvalue weighted by Gasteiger charge is -2.23. The topological polar surface area (TPSA) is 84.7 Å². The number of aryl methyl sites for hydroxylation is 4. The molecule has 0 aromatic carbocycles. The van der Waals surface area contributed by atoms with Crippen molar-refractivity contribution in [2.75, 3.05) is 6.54 Å². The van der Waals surface area contributed by atoms with Gasteiger partial charge in [-0.3, -0.25) is 0 Å². The molecule has 2 aromatic heterocycles. The normalized spacial score (nSPS) is 16.7. The van der Waals surface area contributed by atoms with Gasteiger partial charge in [0.05, 0.1) is 16.7 Å². The first-order chi connectivity index (χ1) is 11.6. The summed E-state index contributed by atoms with van der Waals surface area (Å²) in [5.74, 6) is 1.61. The van der Waals surface area contributed by atoms with Gasteiger partial charge in [-0.15, -0.1) is 11.3 Å². The molecule has 1 atom stereocenters. The van der Waals surface area contributed by atoms with Crippen molar-refractivity contribution >= 4 is 17.4 Å². The molecule has 0 saturated carbocycles. The van der Waals surface area contributed by atoms with Crippen LogP contribution in [0.15, 0.2) is 0 Å². The van der Waals surface area contributed by atoms with Crippen molar-refractivity contribution in [3.63, 3.8) is 0 Å². The Kier molecular flexibility index (Phi) is 5.13. The number of hydrogen-bond donors (Lipinski definition) is 2. The summed E-state index contributed by atoms with van der Waals surface area (Å²) in [6, 6.07) is -0.216. The Morgan fingerprint density at radius 1 is 1.38 bits per heavy atom. The molecule has 7 nitrogen and oxygen atoms in total. The predicted molar refractivity (Wildman–Crippen MR) is 93.2 cm³/mol. The van der Waals surface area contributed by atoms with E-state index in [1.54, 1.807) is 11.3 Å². The summed E-state index contributed by atoms with van der Waals surface area (Å²) in [5.41, 5.74) is 1.16. The molecule has 3 rings (SSSR count). The van der Waals surface area contributed by atoms with E-state index in [-0.39, 0.29) is 12.1 Å². The van der Waals surface area contributed by atoms with Gasteiger partial charge in [0.1, 0.15) is 11.6 Å². The molecule has 3 heterocycles. The average molecular weight is 348 g/mol. The minimum Gasteiger partial charge on any atom is -0.338 e. The number of urea groups is 1. The number of nitrogens with zero attached hydrogens (tertiary/aromatic N) is 4. The van der Waals surface area contributed by atoms with E-state index in [9.17, 15) is 4.79 Å². The molecule has 2 amide bonds. The number of carbonyl (C=O) groups is 1. The van der Waals surface area contributed by atoms with Gasteiger partial charge in [-0.05, 0) is 33.1 Å². The molecule has 130 valence electrons. The van der Waals surface area contributed by atoms with Gasteiger partial charge >= 0.3 is 6.03 Å². The lowest BCUT2D eigenvalue weighted by molar-refractivity contribution is 0.233. The maximum Gasteiger partial charge on any atom is 0.315 e. The Morgan fingerprint density at radius 3 is 2.96 bits per heavy atom. The second-order valence-corrected chi connectivity index (χ2v) is 7.34. The van der Waals surface area contributed by atoms with Crippen LogP contribution in [0.5, 0.6) is 0 Å². The molecule has 0 fully saturated rings. The molecular formula is C16H24N6OS. The Balaban J connectivity index is 1.49. The first kappa shape index (κ1) is 16.9. The van der Waals surface area contributed by atoms with Gasteiger partial charge in [0.2, 0.25) is 0 Å². The summed E-state index contributed by atoms with van der Waals surface area (Å²) in [5, 5.41) is 11.4. The van der Waals surface area contributed by atoms with Gasteiger partial charge in [0.25, 0.3) is 0 Å². The van der Waals surface area contributed by atoms with Crippen molar-refractivity contribution < 1.29 is 4.79 Å². The Morgan fingerprint density at radius 2 is 2.21 bits per heavy atom. The van der Waals surface area contributed by atoms with E-state index >= 15 is 0 Å². The Labute approximate surface area is 145 Å². The highest BCUT2D eigenvalue weighted by atomic mass is 32.1. The van der Waals surface area contributed by atoms with Crippen molar-refractivity contribution in [3.8, 4) is 0 Å². The van der Waals surface area contributed by atoms with Crippen LogP contribution in [0.4, 0.5) is 4.79 Å². The van der Waals surface area contributed by atoms with E-state index in [0.29, 0.717) is 6.54 Å². The molecule has 1 aliphatic heterocycles. The first-order valence-electron chi connectivity index (χ1n) is 8.47. The Bertz CT molecular complexity index is 722. The minimum atomic E-state index is -0.155. The molecule has 2 aromatic rings. The second-order valence-electron chi connectivity index (χ2n) is 6.05. The predicted octanol–water partition coefficient (Wildman–Crippen LogP) is 2.29. The van der Waals surface area contributed by atoms with E-state index in [0.717, 1.165) is 54.6 Å². The zero-order valence-corrected chi connectivity index (χ0v) is 15.2. The molecule has 0 aliphatic carbocycles. The van der Waals surface area contributed by atoms with Crippen molar-refractivity contribution in [1.29, 1.82) is 0 Å². The SMILES string of the molecule is CCc1nc(CCNC(=O)N[C@@H]2CCCn3nc(C)nc32)sc1C. The van der Waals surface area contributed by atoms with Crippen molar-refractivity contribution in [1.82, 2.24) is 30.4 Å². The largest absolute Gasteiger partial charge is 0.338 e. The highest BCUT2D eigenvalue weighted by molar-refractivity contribution is 7.11. The van der Waals surface area contributed by atoms with Crippen LogP contribution >= 0.6 is 11.3 Å². The van der Waals surface area contributed by atoms with Crippen LogP contribution in [-0.2, 0) is 19.4 Å². The third-order valence-corrected chi connectivity index (χ3v) is 5.26. The number of carbonyl (C=O) groups excluding carboxylic acids is 1. The van der Waals surface area contributed by atoms with E-state index in [1.807, 2.05) is 11.6 Å². The molecular weight excluding hydrogens is 324 g/mol. The van der Waals surface area contributed by atoms with Crippen LogP contribution in [0.3, 0.4) is 0 Å². The fourth-order valence-electron chi connectivity index (χ4n) is 3.02. The number of nitrogens with one attached hydrogen (secondary N) is 2. The van der Waals surface area contributed by atoms with Gasteiger partial charge in [0, 0.05) is 24.4 Å². The molecule has 8 heteroatoms. The third-order valence-electron chi connectivity index (χ3n) is 4.18. The minimum absolute atomic E-state index is 0.0613. The highest BCUT2D eigenvalue weighted by Crippen LogP contribution is 2.22. The molecule has 0 spiro atoms. The van der Waals surface area contributed by atoms with Crippen LogP contribution in [0.1, 0.15) is 53.0 Å². The van der Waals surface area contributed by atoms with Crippen LogP contribution in [0.2, 0.25) is 0 Å². The van der Waals surface area contributed by atoms with Crippen LogP contribution in [-0.4, -0.2) is 32.3 Å². The van der Waals surface area contributed by atoms with Crippen molar-refractivity contribution in [2.24, 2.45) is 0 Å². The molecule has 1 aliphatic rings. The molecule has 0 saturated heterocycles. The number of amides is 2. The maximum absolute atomic E-state index is 12.1. The summed E-state index contributed by atoms with van der Waals surface area (Å²) in [7, 11) is 0. The van der Waals surface area contributed by atoms with Gasteiger partial charge in [-0.25, -0.2) is 19.4 Å². The van der Waals surface area contributed by atoms with Gasteiger partial charge in [-0.1, -0.05) is 6.92 Å². The second kappa shape index (κ2) is 7.29. The quantitative estimate of drug-likeness (QED) is 0.868. The summed E-state index contributed by atoms with van der Waals surface area (Å²) in [4.78, 5) is 22.5. The van der Waals surface area contributed by atoms with Gasteiger partial charge < -0.3 is 10.6 Å². The van der Waals surface area contributed by atoms with Gasteiger partial charge in [-0.2, -0.15) is 5.10 Å². The maximum atomic E-state index is 12.1. The van der Waals surface area contributed by atoms with E-state index in [2.05, 4.69) is 39.5 Å². The number of hydrogen-bond acceptors (Lipinski definition) is 5. The van der Waals surface area contributed by atoms with Crippen molar-refractivity contribution in [3.05, 3.63) is 27.2 Å². The molecule has 2 N–H and O–H groups in total. The summed E-state index contributed by atoms with van der Waals surface area (Å²) >= 11 is 1.72. The zero-order valence-electron chi connectivity index (χ0n) is 14.4. The fraction of sp³-hybridized carbons (Fsp3) is 0.625. The standard InChI is InChI=1S/C16H24N6OS/c1-4-12-10(2)24-14(19-12)7-8-17-16(23)20-13-6-5-9-22-15(13)18-11(3)21-22/h13H,4-9H2,1-3H3,(H2,17,20,23)/t13-/m1/s1. The fourth-order valence-corrected chi connectivity index (χ4v) is 4.04. The highest BCUT2D eigenvalue weighted by Gasteiger charge is 2.24. The number of thiazole rings is 1. The number of aromatic nitrogens is 4. The van der Waals surface area contributed by atoms with E-state index in [4.69, 9.17) is 0 Å². The lowest BCUT2D eigenvalue weighted by Crippen LogP contribution is -2.40. The van der Waals surface area contributed by atoms with Crippen LogP contribution < -0.4 is 10.6 Å². The molecule has 24 heavy (non-hydrogen) atoms. The molecule has 0 bridgehead atoms. The lowest BCUT2D eigenvalue weighted by atomic mass is 10.1. The Hall–Kier alpha value is -1.96. The smallest absolute Gasteiger partial charge is 0.315 e. The van der Waals surface area contributed by atoms with Crippen molar-refractivity contribution in [2.45, 2.75) is 59.0 Å².